The van der Waals surface area contributed by atoms with Crippen molar-refractivity contribution >= 4 is 10.0 Å². The van der Waals surface area contributed by atoms with Crippen LogP contribution in [0.2, 0.25) is 0 Å². The molecule has 1 fully saturated rings. The fourth-order valence-electron chi connectivity index (χ4n) is 2.19. The Hall–Kier alpha value is -0.880. The lowest BCUT2D eigenvalue weighted by molar-refractivity contribution is 0.476. The molecule has 1 saturated heterocycles. The second-order valence-corrected chi connectivity index (χ2v) is 6.11. The predicted molar refractivity (Wildman–Crippen MR) is 60.7 cm³/mol. The summed E-state index contributed by atoms with van der Waals surface area (Å²) in [5.41, 5.74) is 1.30. The Morgan fingerprint density at radius 3 is 2.19 bits per heavy atom. The van der Waals surface area contributed by atoms with Gasteiger partial charge in [-0.2, -0.15) is 9.40 Å². The minimum absolute atomic E-state index is 0.386. The van der Waals surface area contributed by atoms with Crippen molar-refractivity contribution in [3.63, 3.8) is 0 Å². The van der Waals surface area contributed by atoms with Crippen molar-refractivity contribution in [2.75, 3.05) is 13.1 Å². The molecule has 5 nitrogen and oxygen atoms in total. The maximum Gasteiger partial charge on any atom is 0.246 e. The molecule has 0 aromatic carbocycles. The third-order valence-electron chi connectivity index (χ3n) is 3.11. The first-order valence-corrected chi connectivity index (χ1v) is 6.89. The Bertz CT molecular complexity index is 498. The monoisotopic (exact) mass is 243 g/mol. The van der Waals surface area contributed by atoms with Crippen LogP contribution in [0.3, 0.4) is 0 Å². The topological polar surface area (TPSA) is 55.2 Å². The first kappa shape index (κ1) is 11.6. The maximum atomic E-state index is 12.4. The molecule has 2 rings (SSSR count). The summed E-state index contributed by atoms with van der Waals surface area (Å²) in [5.74, 6) is 0. The zero-order valence-corrected chi connectivity index (χ0v) is 10.7. The number of nitrogens with zero attached hydrogens (tertiary/aromatic N) is 3. The lowest BCUT2D eigenvalue weighted by Gasteiger charge is -2.15. The zero-order valence-electron chi connectivity index (χ0n) is 9.89. The first-order valence-electron chi connectivity index (χ1n) is 5.45. The van der Waals surface area contributed by atoms with Crippen molar-refractivity contribution in [2.24, 2.45) is 7.05 Å². The number of sulfonamides is 1. The van der Waals surface area contributed by atoms with Gasteiger partial charge in [0.2, 0.25) is 10.0 Å². The molecule has 1 aromatic rings. The van der Waals surface area contributed by atoms with Gasteiger partial charge in [-0.25, -0.2) is 8.42 Å². The van der Waals surface area contributed by atoms with Gasteiger partial charge in [-0.15, -0.1) is 0 Å². The smallest absolute Gasteiger partial charge is 0.246 e. The molecule has 0 atom stereocenters. The second-order valence-electron chi connectivity index (χ2n) is 4.23. The lowest BCUT2D eigenvalue weighted by atomic mass is 10.4. The van der Waals surface area contributed by atoms with E-state index in [-0.39, 0.29) is 0 Å². The van der Waals surface area contributed by atoms with E-state index in [2.05, 4.69) is 5.10 Å². The van der Waals surface area contributed by atoms with Crippen LogP contribution in [0, 0.1) is 13.8 Å². The van der Waals surface area contributed by atoms with E-state index in [0.29, 0.717) is 29.4 Å². The van der Waals surface area contributed by atoms with Crippen molar-refractivity contribution in [3.05, 3.63) is 11.4 Å². The summed E-state index contributed by atoms with van der Waals surface area (Å²) in [6, 6.07) is 0. The third-order valence-corrected chi connectivity index (χ3v) is 5.26. The molecule has 2 heterocycles. The molecule has 1 aliphatic rings. The van der Waals surface area contributed by atoms with Crippen molar-refractivity contribution in [1.82, 2.24) is 14.1 Å². The summed E-state index contributed by atoms with van der Waals surface area (Å²) in [6.45, 7) is 4.81. The molecule has 1 aromatic heterocycles. The van der Waals surface area contributed by atoms with Gasteiger partial charge in [-0.05, 0) is 26.7 Å². The number of hydrogen-bond donors (Lipinski definition) is 0. The molecule has 16 heavy (non-hydrogen) atoms. The zero-order chi connectivity index (χ0) is 11.9. The Balaban J connectivity index is 2.50. The van der Waals surface area contributed by atoms with Crippen LogP contribution < -0.4 is 0 Å². The molecule has 0 saturated carbocycles. The van der Waals surface area contributed by atoms with E-state index in [1.807, 2.05) is 0 Å². The molecular formula is C10H17N3O2S. The normalized spacial score (nSPS) is 18.2. The molecule has 0 N–H and O–H groups in total. The number of hydrogen-bond acceptors (Lipinski definition) is 3. The fraction of sp³-hybridized carbons (Fsp3) is 0.700. The molecule has 0 spiro atoms. The average Bonchev–Trinajstić information content (AvgIpc) is 2.76. The van der Waals surface area contributed by atoms with Crippen molar-refractivity contribution in [1.29, 1.82) is 0 Å². The van der Waals surface area contributed by atoms with Gasteiger partial charge in [0.05, 0.1) is 11.4 Å². The molecule has 90 valence electrons. The highest BCUT2D eigenvalue weighted by molar-refractivity contribution is 7.89. The molecule has 0 amide bonds. The molecule has 6 heteroatoms. The van der Waals surface area contributed by atoms with Gasteiger partial charge in [0.15, 0.2) is 0 Å². The molecule has 0 bridgehead atoms. The van der Waals surface area contributed by atoms with E-state index >= 15 is 0 Å². The summed E-state index contributed by atoms with van der Waals surface area (Å²) in [7, 11) is -1.56. The highest BCUT2D eigenvalue weighted by Gasteiger charge is 2.31. The molecule has 1 aliphatic heterocycles. The van der Waals surface area contributed by atoms with E-state index in [0.717, 1.165) is 12.8 Å². The molecule has 0 aliphatic carbocycles. The third kappa shape index (κ3) is 1.66. The fourth-order valence-corrected chi connectivity index (χ4v) is 4.10. The Kier molecular flexibility index (Phi) is 2.79. The van der Waals surface area contributed by atoms with Gasteiger partial charge in [-0.1, -0.05) is 0 Å². The van der Waals surface area contributed by atoms with E-state index in [1.165, 1.54) is 0 Å². The highest BCUT2D eigenvalue weighted by atomic mass is 32.2. The first-order chi connectivity index (χ1) is 7.44. The number of rotatable bonds is 2. The van der Waals surface area contributed by atoms with E-state index < -0.39 is 10.0 Å². The van der Waals surface area contributed by atoms with Crippen LogP contribution in [-0.2, 0) is 17.1 Å². The lowest BCUT2D eigenvalue weighted by Crippen LogP contribution is -2.28. The minimum atomic E-state index is -3.33. The average molecular weight is 243 g/mol. The Labute approximate surface area is 96.1 Å². The van der Waals surface area contributed by atoms with Crippen LogP contribution in [0.5, 0.6) is 0 Å². The van der Waals surface area contributed by atoms with Crippen molar-refractivity contribution in [3.8, 4) is 0 Å². The quantitative estimate of drug-likeness (QED) is 0.773. The van der Waals surface area contributed by atoms with E-state index in [9.17, 15) is 8.42 Å². The minimum Gasteiger partial charge on any atom is -0.271 e. The molecule has 0 radical (unpaired) electrons. The van der Waals surface area contributed by atoms with Crippen LogP contribution in [0.4, 0.5) is 0 Å². The van der Waals surface area contributed by atoms with Gasteiger partial charge < -0.3 is 0 Å². The maximum absolute atomic E-state index is 12.4. The van der Waals surface area contributed by atoms with E-state index in [1.54, 1.807) is 29.9 Å². The summed E-state index contributed by atoms with van der Waals surface area (Å²) in [5, 5.41) is 4.16. The number of aromatic nitrogens is 2. The Morgan fingerprint density at radius 2 is 1.75 bits per heavy atom. The summed E-state index contributed by atoms with van der Waals surface area (Å²) in [6.07, 6.45) is 1.91. The molecular weight excluding hydrogens is 226 g/mol. The highest BCUT2D eigenvalue weighted by Crippen LogP contribution is 2.25. The summed E-state index contributed by atoms with van der Waals surface area (Å²) < 4.78 is 27.9. The molecule has 0 unspecified atom stereocenters. The second kappa shape index (κ2) is 3.85. The van der Waals surface area contributed by atoms with Gasteiger partial charge in [0.1, 0.15) is 4.90 Å². The standard InChI is InChI=1S/C10H17N3O2S/c1-8-10(9(2)12(3)11-8)16(14,15)13-6-4-5-7-13/h4-7H2,1-3H3. The predicted octanol–water partition coefficient (Wildman–Crippen LogP) is 0.821. The van der Waals surface area contributed by atoms with Crippen LogP contribution in [0.25, 0.3) is 0 Å². The largest absolute Gasteiger partial charge is 0.271 e. The van der Waals surface area contributed by atoms with Crippen LogP contribution in [-0.4, -0.2) is 35.6 Å². The van der Waals surface area contributed by atoms with Crippen molar-refractivity contribution in [2.45, 2.75) is 31.6 Å². The van der Waals surface area contributed by atoms with Gasteiger partial charge in [0.25, 0.3) is 0 Å². The van der Waals surface area contributed by atoms with E-state index in [4.69, 9.17) is 0 Å². The summed E-state index contributed by atoms with van der Waals surface area (Å²) in [4.78, 5) is 0.386. The van der Waals surface area contributed by atoms with Crippen LogP contribution >= 0.6 is 0 Å². The van der Waals surface area contributed by atoms with Crippen LogP contribution in [0.1, 0.15) is 24.2 Å². The SMILES string of the molecule is Cc1nn(C)c(C)c1S(=O)(=O)N1CCCC1. The Morgan fingerprint density at radius 1 is 1.19 bits per heavy atom. The van der Waals surface area contributed by atoms with Gasteiger partial charge in [-0.3, -0.25) is 4.68 Å². The van der Waals surface area contributed by atoms with Crippen LogP contribution in [0.15, 0.2) is 4.90 Å². The van der Waals surface area contributed by atoms with Gasteiger partial charge in [0, 0.05) is 20.1 Å². The van der Waals surface area contributed by atoms with Gasteiger partial charge >= 0.3 is 0 Å². The van der Waals surface area contributed by atoms with Crippen molar-refractivity contribution < 1.29 is 8.42 Å². The summed E-state index contributed by atoms with van der Waals surface area (Å²) >= 11 is 0. The number of aryl methyl sites for hydroxylation is 2.